The first-order valence-corrected chi connectivity index (χ1v) is 10.1. The van der Waals surface area contributed by atoms with Gasteiger partial charge in [-0.05, 0) is 45.1 Å². The van der Waals surface area contributed by atoms with Crippen LogP contribution in [0.3, 0.4) is 0 Å². The van der Waals surface area contributed by atoms with Crippen LogP contribution in [0.5, 0.6) is 0 Å². The summed E-state index contributed by atoms with van der Waals surface area (Å²) in [7, 11) is 0. The lowest BCUT2D eigenvalue weighted by Crippen LogP contribution is -2.55. The molecular weight excluding hydrogens is 318 g/mol. The van der Waals surface area contributed by atoms with Crippen LogP contribution in [0.25, 0.3) is 0 Å². The van der Waals surface area contributed by atoms with Crippen LogP contribution in [0.1, 0.15) is 44.9 Å². The predicted octanol–water partition coefficient (Wildman–Crippen LogP) is 1.10. The van der Waals surface area contributed by atoms with Crippen LogP contribution in [-0.2, 0) is 14.3 Å². The molecule has 4 saturated heterocycles. The van der Waals surface area contributed by atoms with Crippen molar-refractivity contribution in [3.8, 4) is 0 Å². The van der Waals surface area contributed by atoms with Crippen molar-refractivity contribution in [1.29, 1.82) is 0 Å². The Kier molecular flexibility index (Phi) is 5.00. The summed E-state index contributed by atoms with van der Waals surface area (Å²) in [4.78, 5) is 31.7. The van der Waals surface area contributed by atoms with Gasteiger partial charge in [0.1, 0.15) is 0 Å². The maximum absolute atomic E-state index is 13.3. The second kappa shape index (κ2) is 7.23. The van der Waals surface area contributed by atoms with Gasteiger partial charge < -0.3 is 19.4 Å². The van der Waals surface area contributed by atoms with Crippen molar-refractivity contribution < 1.29 is 14.3 Å². The van der Waals surface area contributed by atoms with Crippen LogP contribution < -0.4 is 0 Å². The van der Waals surface area contributed by atoms with Crippen LogP contribution in [0.4, 0.5) is 0 Å². The van der Waals surface area contributed by atoms with Gasteiger partial charge in [-0.1, -0.05) is 0 Å². The normalized spacial score (nSPS) is 32.3. The molecule has 0 aliphatic carbocycles. The van der Waals surface area contributed by atoms with Crippen molar-refractivity contribution in [3.05, 3.63) is 0 Å². The van der Waals surface area contributed by atoms with E-state index in [1.165, 1.54) is 0 Å². The summed E-state index contributed by atoms with van der Waals surface area (Å²) >= 11 is 0. The average molecular weight is 349 g/mol. The largest absolute Gasteiger partial charge is 0.381 e. The highest BCUT2D eigenvalue weighted by Crippen LogP contribution is 2.41. The molecule has 4 aliphatic heterocycles. The quantitative estimate of drug-likeness (QED) is 0.763. The van der Waals surface area contributed by atoms with Gasteiger partial charge in [0.25, 0.3) is 0 Å². The summed E-state index contributed by atoms with van der Waals surface area (Å²) in [5, 5.41) is 0. The highest BCUT2D eigenvalue weighted by molar-refractivity contribution is 5.84. The third kappa shape index (κ3) is 3.43. The summed E-state index contributed by atoms with van der Waals surface area (Å²) in [6.07, 6.45) is 6.83. The Hall–Kier alpha value is -1.14. The van der Waals surface area contributed by atoms with Gasteiger partial charge in [0.2, 0.25) is 11.8 Å². The Balaban J connectivity index is 1.35. The van der Waals surface area contributed by atoms with Crippen LogP contribution in [0.2, 0.25) is 0 Å². The number of rotatable bonds is 4. The van der Waals surface area contributed by atoms with E-state index >= 15 is 0 Å². The molecule has 0 aromatic carbocycles. The van der Waals surface area contributed by atoms with Gasteiger partial charge in [-0.15, -0.1) is 0 Å². The number of nitrogens with zero attached hydrogens (tertiary/aromatic N) is 3. The molecule has 4 aliphatic rings. The van der Waals surface area contributed by atoms with E-state index in [0.29, 0.717) is 24.3 Å². The molecule has 140 valence electrons. The van der Waals surface area contributed by atoms with Gasteiger partial charge >= 0.3 is 0 Å². The molecule has 4 fully saturated rings. The third-order valence-electron chi connectivity index (χ3n) is 6.69. The fourth-order valence-corrected chi connectivity index (χ4v) is 5.18. The van der Waals surface area contributed by atoms with Crippen LogP contribution in [0.15, 0.2) is 0 Å². The lowest BCUT2D eigenvalue weighted by molar-refractivity contribution is -0.150. The minimum atomic E-state index is -0.161. The molecule has 4 heterocycles. The van der Waals surface area contributed by atoms with E-state index in [4.69, 9.17) is 4.74 Å². The minimum absolute atomic E-state index is 0.161. The first-order chi connectivity index (χ1) is 12.2. The van der Waals surface area contributed by atoms with Gasteiger partial charge in [-0.25, -0.2) is 0 Å². The monoisotopic (exact) mass is 349 g/mol. The molecule has 0 aromatic rings. The standard InChI is InChI=1S/C19H31N3O3/c23-17-3-1-8-21(17)12-11-20-10-7-19(15-20)6-2-9-22(18(19)24)16-4-13-25-14-5-16/h16H,1-15H2/t19-/m0/s1. The number of hydrogen-bond donors (Lipinski definition) is 0. The average Bonchev–Trinajstić information content (AvgIpc) is 3.23. The highest BCUT2D eigenvalue weighted by Gasteiger charge is 2.49. The van der Waals surface area contributed by atoms with Crippen molar-refractivity contribution in [2.45, 2.75) is 51.0 Å². The summed E-state index contributed by atoms with van der Waals surface area (Å²) < 4.78 is 5.47. The minimum Gasteiger partial charge on any atom is -0.381 e. The smallest absolute Gasteiger partial charge is 0.230 e. The Morgan fingerprint density at radius 2 is 1.84 bits per heavy atom. The van der Waals surface area contributed by atoms with E-state index < -0.39 is 0 Å². The molecule has 1 atom stereocenters. The van der Waals surface area contributed by atoms with E-state index in [2.05, 4.69) is 9.80 Å². The van der Waals surface area contributed by atoms with Gasteiger partial charge in [0.15, 0.2) is 0 Å². The van der Waals surface area contributed by atoms with Crippen molar-refractivity contribution >= 4 is 11.8 Å². The van der Waals surface area contributed by atoms with Crippen LogP contribution >= 0.6 is 0 Å². The molecule has 0 aromatic heterocycles. The molecule has 0 saturated carbocycles. The second-order valence-corrected chi connectivity index (χ2v) is 8.24. The van der Waals surface area contributed by atoms with Crippen molar-refractivity contribution in [2.24, 2.45) is 5.41 Å². The zero-order chi connectivity index (χ0) is 17.3. The maximum atomic E-state index is 13.3. The van der Waals surface area contributed by atoms with Gasteiger partial charge in [-0.3, -0.25) is 9.59 Å². The highest BCUT2D eigenvalue weighted by atomic mass is 16.5. The molecule has 0 unspecified atom stereocenters. The van der Waals surface area contributed by atoms with E-state index in [9.17, 15) is 9.59 Å². The molecule has 6 heteroatoms. The number of hydrogen-bond acceptors (Lipinski definition) is 4. The van der Waals surface area contributed by atoms with Crippen molar-refractivity contribution in [2.75, 3.05) is 52.5 Å². The molecule has 0 N–H and O–H groups in total. The Morgan fingerprint density at radius 3 is 2.60 bits per heavy atom. The van der Waals surface area contributed by atoms with Crippen molar-refractivity contribution in [1.82, 2.24) is 14.7 Å². The molecule has 25 heavy (non-hydrogen) atoms. The van der Waals surface area contributed by atoms with E-state index in [1.54, 1.807) is 0 Å². The molecule has 0 radical (unpaired) electrons. The lowest BCUT2D eigenvalue weighted by atomic mass is 9.77. The molecule has 2 amide bonds. The number of carbonyl (C=O) groups excluding carboxylic acids is 2. The molecule has 4 rings (SSSR count). The molecular formula is C19H31N3O3. The Labute approximate surface area is 150 Å². The van der Waals surface area contributed by atoms with E-state index in [1.807, 2.05) is 4.90 Å². The molecule has 6 nitrogen and oxygen atoms in total. The second-order valence-electron chi connectivity index (χ2n) is 8.24. The summed E-state index contributed by atoms with van der Waals surface area (Å²) in [6.45, 7) is 7.03. The zero-order valence-corrected chi connectivity index (χ0v) is 15.3. The van der Waals surface area contributed by atoms with E-state index in [-0.39, 0.29) is 5.41 Å². The number of piperidine rings is 1. The number of ether oxygens (including phenoxy) is 1. The Bertz CT molecular complexity index is 520. The molecule has 0 bridgehead atoms. The summed E-state index contributed by atoms with van der Waals surface area (Å²) in [5.41, 5.74) is -0.161. The van der Waals surface area contributed by atoms with Gasteiger partial charge in [0.05, 0.1) is 5.41 Å². The zero-order valence-electron chi connectivity index (χ0n) is 15.3. The SMILES string of the molecule is O=C1CCCN1CCN1CC[C@@]2(CCCN(C3CCOCC3)C2=O)C1. The van der Waals surface area contributed by atoms with Gasteiger partial charge in [0, 0.05) is 58.4 Å². The topological polar surface area (TPSA) is 53.1 Å². The summed E-state index contributed by atoms with van der Waals surface area (Å²) in [6, 6.07) is 0.384. The predicted molar refractivity (Wildman–Crippen MR) is 94.1 cm³/mol. The number of amides is 2. The lowest BCUT2D eigenvalue weighted by Gasteiger charge is -2.44. The van der Waals surface area contributed by atoms with Crippen LogP contribution in [0, 0.1) is 5.41 Å². The third-order valence-corrected chi connectivity index (χ3v) is 6.69. The fourth-order valence-electron chi connectivity index (χ4n) is 5.18. The first-order valence-electron chi connectivity index (χ1n) is 10.1. The van der Waals surface area contributed by atoms with E-state index in [0.717, 1.165) is 91.0 Å². The van der Waals surface area contributed by atoms with Gasteiger partial charge in [-0.2, -0.15) is 0 Å². The Morgan fingerprint density at radius 1 is 1.00 bits per heavy atom. The number of likely N-dealkylation sites (tertiary alicyclic amines) is 3. The first kappa shape index (κ1) is 17.3. The van der Waals surface area contributed by atoms with Crippen LogP contribution in [-0.4, -0.2) is 85.0 Å². The van der Waals surface area contributed by atoms with Crippen molar-refractivity contribution in [3.63, 3.8) is 0 Å². The maximum Gasteiger partial charge on any atom is 0.230 e. The number of carbonyl (C=O) groups is 2. The summed E-state index contributed by atoms with van der Waals surface area (Å²) in [5.74, 6) is 0.693. The molecule has 1 spiro atoms. The fraction of sp³-hybridized carbons (Fsp3) is 0.895.